The van der Waals surface area contributed by atoms with Gasteiger partial charge in [0, 0.05) is 49.8 Å². The second-order valence-corrected chi connectivity index (χ2v) is 10.3. The molecule has 1 aromatic heterocycles. The molecule has 2 atom stereocenters. The third kappa shape index (κ3) is 7.85. The minimum Gasteiger partial charge on any atom is -0.475 e. The number of carboxylic acids is 1. The molecule has 1 amide bonds. The second kappa shape index (κ2) is 10.1. The first-order valence-corrected chi connectivity index (χ1v) is 11.9. The number of hydrogen-bond donors (Lipinski definition) is 1. The molecule has 2 saturated heterocycles. The lowest BCUT2D eigenvalue weighted by Gasteiger charge is -2.22. The van der Waals surface area contributed by atoms with E-state index in [0.717, 1.165) is 25.9 Å². The van der Waals surface area contributed by atoms with Gasteiger partial charge in [0.25, 0.3) is 0 Å². The van der Waals surface area contributed by atoms with E-state index in [1.165, 1.54) is 4.88 Å². The summed E-state index contributed by atoms with van der Waals surface area (Å²) in [6, 6.07) is 4.18. The van der Waals surface area contributed by atoms with Crippen LogP contribution in [0.25, 0.3) is 0 Å². The maximum Gasteiger partial charge on any atom is 0.490 e. The zero-order chi connectivity index (χ0) is 22.5. The van der Waals surface area contributed by atoms with Crippen LogP contribution in [0.4, 0.5) is 13.2 Å². The first kappa shape index (κ1) is 24.6. The number of thiophene rings is 1. The molecule has 0 aliphatic carbocycles. The van der Waals surface area contributed by atoms with Gasteiger partial charge >= 0.3 is 12.1 Å². The fourth-order valence-electron chi connectivity index (χ4n) is 3.25. The number of likely N-dealkylation sites (tertiary alicyclic amines) is 1. The molecule has 1 aromatic rings. The molecule has 13 heteroatoms. The van der Waals surface area contributed by atoms with E-state index in [4.69, 9.17) is 14.6 Å². The number of nitrogens with zero attached hydrogens (tertiary/aromatic N) is 2. The van der Waals surface area contributed by atoms with Crippen LogP contribution in [0.15, 0.2) is 17.5 Å². The number of carbonyl (C=O) groups is 2. The molecule has 0 spiro atoms. The zero-order valence-corrected chi connectivity index (χ0v) is 17.8. The number of rotatable bonds is 4. The number of fused-ring (bicyclic) bond motifs is 1. The van der Waals surface area contributed by atoms with Crippen molar-refractivity contribution in [2.24, 2.45) is 5.92 Å². The number of alkyl halides is 3. The highest BCUT2D eigenvalue weighted by atomic mass is 32.2. The van der Waals surface area contributed by atoms with Crippen LogP contribution in [-0.4, -0.2) is 92.3 Å². The van der Waals surface area contributed by atoms with Gasteiger partial charge in [-0.05, 0) is 11.4 Å². The fraction of sp³-hybridized carbons (Fsp3) is 0.647. The van der Waals surface area contributed by atoms with Crippen molar-refractivity contribution in [3.63, 3.8) is 0 Å². The highest BCUT2D eigenvalue weighted by Crippen LogP contribution is 2.25. The SMILES string of the molecule is CS(=O)(=O)CC(=O)N1C[C@@H]2CN(Cc3cccs3)CCO[C@@H]2C1.O=C(O)C(F)(F)F. The minimum absolute atomic E-state index is 0.0202. The molecule has 0 aromatic carbocycles. The van der Waals surface area contributed by atoms with Crippen molar-refractivity contribution in [3.05, 3.63) is 22.4 Å². The van der Waals surface area contributed by atoms with E-state index in [2.05, 4.69) is 22.4 Å². The van der Waals surface area contributed by atoms with E-state index in [1.54, 1.807) is 16.2 Å². The predicted molar refractivity (Wildman–Crippen MR) is 103 cm³/mol. The summed E-state index contributed by atoms with van der Waals surface area (Å²) in [5.74, 6) is -3.23. The summed E-state index contributed by atoms with van der Waals surface area (Å²) in [7, 11) is -3.29. The van der Waals surface area contributed by atoms with Gasteiger partial charge in [0.05, 0.1) is 12.7 Å². The molecule has 170 valence electrons. The Morgan fingerprint density at radius 1 is 1.30 bits per heavy atom. The number of amides is 1. The van der Waals surface area contributed by atoms with Crippen molar-refractivity contribution >= 4 is 33.1 Å². The van der Waals surface area contributed by atoms with E-state index < -0.39 is 27.7 Å². The number of aliphatic carboxylic acids is 1. The lowest BCUT2D eigenvalue weighted by molar-refractivity contribution is -0.192. The van der Waals surface area contributed by atoms with Gasteiger partial charge in [-0.2, -0.15) is 13.2 Å². The Morgan fingerprint density at radius 2 is 1.97 bits per heavy atom. The molecule has 0 unspecified atom stereocenters. The standard InChI is InChI=1S/C15H22N2O4S2.C2HF3O2/c1-23(19,20)11-15(18)17-8-12-7-16(4-5-21-14(12)10-17)9-13-3-2-6-22-13;3-2(4,5)1(6)7/h2-3,6,12,14H,4-5,7-11H2,1H3;(H,6,7)/t12-,14+;/m0./s1. The first-order valence-electron chi connectivity index (χ1n) is 8.97. The van der Waals surface area contributed by atoms with Gasteiger partial charge in [-0.15, -0.1) is 11.3 Å². The van der Waals surface area contributed by atoms with Gasteiger partial charge in [-0.3, -0.25) is 9.69 Å². The van der Waals surface area contributed by atoms with Crippen molar-refractivity contribution in [3.8, 4) is 0 Å². The molecular formula is C17H23F3N2O6S2. The van der Waals surface area contributed by atoms with Gasteiger partial charge in [0.2, 0.25) is 5.91 Å². The van der Waals surface area contributed by atoms with E-state index in [1.807, 2.05) is 0 Å². The molecular weight excluding hydrogens is 449 g/mol. The zero-order valence-electron chi connectivity index (χ0n) is 16.2. The quantitative estimate of drug-likeness (QED) is 0.700. The number of carbonyl (C=O) groups excluding carboxylic acids is 1. The van der Waals surface area contributed by atoms with Crippen LogP contribution in [0.5, 0.6) is 0 Å². The van der Waals surface area contributed by atoms with E-state index in [-0.39, 0.29) is 17.9 Å². The highest BCUT2D eigenvalue weighted by molar-refractivity contribution is 7.91. The van der Waals surface area contributed by atoms with Crippen LogP contribution < -0.4 is 0 Å². The largest absolute Gasteiger partial charge is 0.490 e. The molecule has 1 N–H and O–H groups in total. The van der Waals surface area contributed by atoms with Crippen LogP contribution in [0.1, 0.15) is 4.88 Å². The molecule has 30 heavy (non-hydrogen) atoms. The molecule has 3 heterocycles. The average molecular weight is 473 g/mol. The normalized spacial score (nSPS) is 22.6. The van der Waals surface area contributed by atoms with Gasteiger partial charge < -0.3 is 14.7 Å². The summed E-state index contributed by atoms with van der Waals surface area (Å²) in [4.78, 5) is 26.3. The highest BCUT2D eigenvalue weighted by Gasteiger charge is 2.39. The monoisotopic (exact) mass is 472 g/mol. The molecule has 0 bridgehead atoms. The van der Waals surface area contributed by atoms with Crippen molar-refractivity contribution in [1.29, 1.82) is 0 Å². The molecule has 0 saturated carbocycles. The number of halogens is 3. The van der Waals surface area contributed by atoms with E-state index in [9.17, 15) is 26.4 Å². The average Bonchev–Trinajstić information content (AvgIpc) is 3.20. The van der Waals surface area contributed by atoms with Crippen LogP contribution in [-0.2, 0) is 30.7 Å². The van der Waals surface area contributed by atoms with Crippen LogP contribution in [0, 0.1) is 5.92 Å². The van der Waals surface area contributed by atoms with Crippen molar-refractivity contribution in [2.75, 3.05) is 44.8 Å². The van der Waals surface area contributed by atoms with Gasteiger partial charge in [0.1, 0.15) is 5.75 Å². The summed E-state index contributed by atoms with van der Waals surface area (Å²) >= 11 is 1.75. The summed E-state index contributed by atoms with van der Waals surface area (Å²) < 4.78 is 60.3. The number of ether oxygens (including phenoxy) is 1. The molecule has 2 fully saturated rings. The maximum atomic E-state index is 12.1. The topological polar surface area (TPSA) is 104 Å². The summed E-state index contributed by atoms with van der Waals surface area (Å²) in [6.07, 6.45) is -3.97. The lowest BCUT2D eigenvalue weighted by Crippen LogP contribution is -2.36. The summed E-state index contributed by atoms with van der Waals surface area (Å²) in [5, 5.41) is 9.20. The van der Waals surface area contributed by atoms with Gasteiger partial charge in [-0.25, -0.2) is 13.2 Å². The van der Waals surface area contributed by atoms with Crippen LogP contribution >= 0.6 is 11.3 Å². The number of sulfone groups is 1. The van der Waals surface area contributed by atoms with Gasteiger partial charge in [0.15, 0.2) is 9.84 Å². The van der Waals surface area contributed by atoms with E-state index >= 15 is 0 Å². The Kier molecular flexibility index (Phi) is 8.25. The maximum absolute atomic E-state index is 12.1. The third-order valence-electron chi connectivity index (χ3n) is 4.55. The summed E-state index contributed by atoms with van der Waals surface area (Å²) in [5.41, 5.74) is 0. The van der Waals surface area contributed by atoms with Gasteiger partial charge in [-0.1, -0.05) is 6.07 Å². The van der Waals surface area contributed by atoms with Crippen molar-refractivity contribution < 1.29 is 41.0 Å². The molecule has 2 aliphatic heterocycles. The smallest absolute Gasteiger partial charge is 0.475 e. The Hall–Kier alpha value is -1.70. The van der Waals surface area contributed by atoms with Crippen LogP contribution in [0.2, 0.25) is 0 Å². The first-order chi connectivity index (χ1) is 13.8. The van der Waals surface area contributed by atoms with Crippen molar-refractivity contribution in [1.82, 2.24) is 9.80 Å². The molecule has 3 rings (SSSR count). The number of hydrogen-bond acceptors (Lipinski definition) is 7. The third-order valence-corrected chi connectivity index (χ3v) is 6.19. The van der Waals surface area contributed by atoms with E-state index in [0.29, 0.717) is 19.7 Å². The van der Waals surface area contributed by atoms with Crippen LogP contribution in [0.3, 0.4) is 0 Å². The predicted octanol–water partition coefficient (Wildman–Crippen LogP) is 1.09. The Labute approximate surface area is 176 Å². The summed E-state index contributed by atoms with van der Waals surface area (Å²) in [6.45, 7) is 4.42. The van der Waals surface area contributed by atoms with Crippen molar-refractivity contribution in [2.45, 2.75) is 18.8 Å². The molecule has 2 aliphatic rings. The molecule has 0 radical (unpaired) electrons. The number of carboxylic acid groups (broad SMARTS) is 1. The lowest BCUT2D eigenvalue weighted by atomic mass is 10.1. The Morgan fingerprint density at radius 3 is 2.50 bits per heavy atom. The second-order valence-electron chi connectivity index (χ2n) is 7.16. The Balaban J connectivity index is 0.000000396. The molecule has 8 nitrogen and oxygen atoms in total. The Bertz CT molecular complexity index is 829. The fourth-order valence-corrected chi connectivity index (χ4v) is 4.62. The minimum atomic E-state index is -5.08.